The molecule has 5 heteroatoms. The van der Waals surface area contributed by atoms with Crippen molar-refractivity contribution in [3.63, 3.8) is 0 Å². The highest BCUT2D eigenvalue weighted by atomic mass is 16.5. The minimum atomic E-state index is 0.0684. The summed E-state index contributed by atoms with van der Waals surface area (Å²) in [7, 11) is 3.28. The molecule has 1 aliphatic rings. The Hall–Kier alpha value is -2.43. The fourth-order valence-electron chi connectivity index (χ4n) is 3.29. The van der Waals surface area contributed by atoms with E-state index in [4.69, 9.17) is 9.47 Å². The summed E-state index contributed by atoms with van der Waals surface area (Å²) in [4.78, 5) is 12.2. The van der Waals surface area contributed by atoms with E-state index in [1.54, 1.807) is 14.2 Å². The number of nitrogens with one attached hydrogen (secondary N) is 1. The number of ether oxygens (including phenoxy) is 2. The number of fused-ring (bicyclic) bond motifs is 1. The molecule has 1 aromatic carbocycles. The van der Waals surface area contributed by atoms with Crippen LogP contribution in [0.3, 0.4) is 0 Å². The van der Waals surface area contributed by atoms with E-state index in [1.165, 1.54) is 5.56 Å². The summed E-state index contributed by atoms with van der Waals surface area (Å²) in [6.45, 7) is 0.868. The zero-order valence-corrected chi connectivity index (χ0v) is 14.2. The zero-order chi connectivity index (χ0) is 16.9. The third-order valence-corrected chi connectivity index (χ3v) is 4.54. The molecule has 1 aliphatic carbocycles. The van der Waals surface area contributed by atoms with Gasteiger partial charge in [-0.25, -0.2) is 0 Å². The molecule has 0 unspecified atom stereocenters. The first-order valence-electron chi connectivity index (χ1n) is 8.36. The maximum atomic E-state index is 12.2. The highest BCUT2D eigenvalue weighted by Crippen LogP contribution is 2.39. The van der Waals surface area contributed by atoms with Gasteiger partial charge >= 0.3 is 0 Å². The Morgan fingerprint density at radius 3 is 2.62 bits per heavy atom. The molecule has 0 saturated heterocycles. The van der Waals surface area contributed by atoms with Crippen LogP contribution in [0.4, 0.5) is 0 Å². The van der Waals surface area contributed by atoms with Gasteiger partial charge in [0.2, 0.25) is 5.91 Å². The second-order valence-corrected chi connectivity index (χ2v) is 6.09. The van der Waals surface area contributed by atoms with E-state index in [1.807, 2.05) is 36.7 Å². The van der Waals surface area contributed by atoms with Crippen molar-refractivity contribution in [2.75, 3.05) is 14.2 Å². The van der Waals surface area contributed by atoms with Crippen LogP contribution >= 0.6 is 0 Å². The number of rotatable bonds is 7. The first-order valence-corrected chi connectivity index (χ1v) is 8.36. The number of benzene rings is 1. The van der Waals surface area contributed by atoms with Gasteiger partial charge < -0.3 is 19.4 Å². The molecule has 0 fully saturated rings. The van der Waals surface area contributed by atoms with E-state index < -0.39 is 0 Å². The molecule has 3 rings (SSSR count). The lowest BCUT2D eigenvalue weighted by molar-refractivity contribution is -0.122. The van der Waals surface area contributed by atoms with Crippen LogP contribution in [0, 0.1) is 0 Å². The topological polar surface area (TPSA) is 52.5 Å². The summed E-state index contributed by atoms with van der Waals surface area (Å²) in [5.41, 5.74) is 2.37. The molecule has 1 N–H and O–H groups in total. The van der Waals surface area contributed by atoms with E-state index in [0.717, 1.165) is 37.1 Å². The summed E-state index contributed by atoms with van der Waals surface area (Å²) >= 11 is 0. The number of amides is 1. The Labute approximate surface area is 142 Å². The van der Waals surface area contributed by atoms with E-state index in [0.29, 0.717) is 12.2 Å². The third-order valence-electron chi connectivity index (χ3n) is 4.54. The highest BCUT2D eigenvalue weighted by molar-refractivity contribution is 5.76. The van der Waals surface area contributed by atoms with Crippen molar-refractivity contribution in [3.05, 3.63) is 47.8 Å². The van der Waals surface area contributed by atoms with Gasteiger partial charge in [0.25, 0.3) is 0 Å². The molecule has 5 nitrogen and oxygen atoms in total. The lowest BCUT2D eigenvalue weighted by Gasteiger charge is -2.16. The van der Waals surface area contributed by atoms with Gasteiger partial charge in [-0.05, 0) is 54.7 Å². The molecule has 1 amide bonds. The van der Waals surface area contributed by atoms with Crippen molar-refractivity contribution < 1.29 is 14.3 Å². The van der Waals surface area contributed by atoms with Gasteiger partial charge in [0.05, 0.1) is 20.3 Å². The Bertz CT molecular complexity index is 695. The van der Waals surface area contributed by atoms with Gasteiger partial charge in [0.15, 0.2) is 11.5 Å². The Kier molecular flexibility index (Phi) is 5.08. The number of carbonyl (C=O) groups excluding carboxylic acids is 1. The number of aromatic nitrogens is 1. The predicted octanol–water partition coefficient (Wildman–Crippen LogP) is 3.09. The first kappa shape index (κ1) is 16.4. The van der Waals surface area contributed by atoms with E-state index in [9.17, 15) is 4.79 Å². The van der Waals surface area contributed by atoms with Crippen molar-refractivity contribution in [2.45, 2.75) is 38.3 Å². The van der Waals surface area contributed by atoms with Gasteiger partial charge in [-0.15, -0.1) is 0 Å². The van der Waals surface area contributed by atoms with Crippen LogP contribution in [-0.2, 0) is 17.8 Å². The summed E-state index contributed by atoms with van der Waals surface area (Å²) in [6, 6.07) is 8.08. The number of hydrogen-bond donors (Lipinski definition) is 1. The van der Waals surface area contributed by atoms with Crippen molar-refractivity contribution in [1.29, 1.82) is 0 Å². The van der Waals surface area contributed by atoms with Crippen LogP contribution in [0.15, 0.2) is 36.7 Å². The normalized spacial score (nSPS) is 15.8. The molecule has 0 aliphatic heterocycles. The largest absolute Gasteiger partial charge is 0.493 e. The molecule has 0 radical (unpaired) electrons. The van der Waals surface area contributed by atoms with Crippen LogP contribution in [0.1, 0.15) is 36.4 Å². The fraction of sp³-hybridized carbons (Fsp3) is 0.421. The number of carbonyl (C=O) groups is 1. The number of methoxy groups -OCH3 is 2. The molecular formula is C19H24N2O3. The second kappa shape index (κ2) is 7.43. The third kappa shape index (κ3) is 3.55. The molecule has 1 atom stereocenters. The molecule has 0 saturated carbocycles. The minimum Gasteiger partial charge on any atom is -0.493 e. The SMILES string of the molecule is COc1cc2c(cc1OC)[C@@H](NC(=O)CCCn1cccc1)CC2. The standard InChI is InChI=1S/C19H24N2O3/c1-23-17-12-14-7-8-16(15(14)13-18(17)24-2)20-19(22)6-5-11-21-9-3-4-10-21/h3-4,9-10,12-13,16H,5-8,11H2,1-2H3,(H,20,22)/t16-/m0/s1. The van der Waals surface area contributed by atoms with Gasteiger partial charge in [0.1, 0.15) is 0 Å². The lowest BCUT2D eigenvalue weighted by Crippen LogP contribution is -2.27. The van der Waals surface area contributed by atoms with Crippen molar-refractivity contribution in [3.8, 4) is 11.5 Å². The summed E-state index contributed by atoms with van der Waals surface area (Å²) < 4.78 is 12.8. The van der Waals surface area contributed by atoms with E-state index in [2.05, 4.69) is 9.88 Å². The molecule has 1 aromatic heterocycles. The van der Waals surface area contributed by atoms with Crippen LogP contribution in [-0.4, -0.2) is 24.7 Å². The van der Waals surface area contributed by atoms with Gasteiger partial charge in [-0.1, -0.05) is 0 Å². The van der Waals surface area contributed by atoms with Crippen LogP contribution < -0.4 is 14.8 Å². The lowest BCUT2D eigenvalue weighted by atomic mass is 10.1. The van der Waals surface area contributed by atoms with Gasteiger partial charge in [0, 0.05) is 25.4 Å². The number of nitrogens with zero attached hydrogens (tertiary/aromatic N) is 1. The monoisotopic (exact) mass is 328 g/mol. The smallest absolute Gasteiger partial charge is 0.220 e. The van der Waals surface area contributed by atoms with E-state index >= 15 is 0 Å². The van der Waals surface area contributed by atoms with Crippen LogP contribution in [0.25, 0.3) is 0 Å². The number of hydrogen-bond acceptors (Lipinski definition) is 3. The quantitative estimate of drug-likeness (QED) is 0.850. The fourth-order valence-corrected chi connectivity index (χ4v) is 3.29. The highest BCUT2D eigenvalue weighted by Gasteiger charge is 2.26. The summed E-state index contributed by atoms with van der Waals surface area (Å²) in [6.07, 6.45) is 7.29. The molecule has 1 heterocycles. The first-order chi connectivity index (χ1) is 11.7. The van der Waals surface area contributed by atoms with Crippen molar-refractivity contribution in [1.82, 2.24) is 9.88 Å². The van der Waals surface area contributed by atoms with Gasteiger partial charge in [-0.2, -0.15) is 0 Å². The molecule has 128 valence electrons. The molecule has 0 bridgehead atoms. The molecular weight excluding hydrogens is 304 g/mol. The summed E-state index contributed by atoms with van der Waals surface area (Å²) in [5.74, 6) is 1.56. The average Bonchev–Trinajstić information content (AvgIpc) is 3.23. The Morgan fingerprint density at radius 2 is 1.92 bits per heavy atom. The molecule has 0 spiro atoms. The second-order valence-electron chi connectivity index (χ2n) is 6.09. The van der Waals surface area contributed by atoms with E-state index in [-0.39, 0.29) is 11.9 Å². The van der Waals surface area contributed by atoms with Crippen LogP contribution in [0.2, 0.25) is 0 Å². The molecule has 2 aromatic rings. The maximum absolute atomic E-state index is 12.2. The van der Waals surface area contributed by atoms with Crippen LogP contribution in [0.5, 0.6) is 11.5 Å². The Morgan fingerprint density at radius 1 is 1.21 bits per heavy atom. The average molecular weight is 328 g/mol. The Balaban J connectivity index is 1.58. The maximum Gasteiger partial charge on any atom is 0.220 e. The zero-order valence-electron chi connectivity index (χ0n) is 14.2. The van der Waals surface area contributed by atoms with Crippen molar-refractivity contribution in [2.24, 2.45) is 0 Å². The molecule has 24 heavy (non-hydrogen) atoms. The predicted molar refractivity (Wildman–Crippen MR) is 92.4 cm³/mol. The number of aryl methyl sites for hydroxylation is 2. The van der Waals surface area contributed by atoms with Crippen molar-refractivity contribution >= 4 is 5.91 Å². The summed E-state index contributed by atoms with van der Waals surface area (Å²) in [5, 5.41) is 3.16. The van der Waals surface area contributed by atoms with Gasteiger partial charge in [-0.3, -0.25) is 4.79 Å². The minimum absolute atomic E-state index is 0.0684.